The molecule has 0 aliphatic carbocycles. The molecule has 20 heavy (non-hydrogen) atoms. The van der Waals surface area contributed by atoms with Crippen LogP contribution in [0.2, 0.25) is 0 Å². The van der Waals surface area contributed by atoms with Crippen LogP contribution in [0.15, 0.2) is 41.0 Å². The molecule has 100 valence electrons. The Bertz CT molecular complexity index is 829. The first-order valence-electron chi connectivity index (χ1n) is 6.06. The van der Waals surface area contributed by atoms with Gasteiger partial charge in [-0.05, 0) is 46.3 Å². The molecule has 0 saturated heterocycles. The molecule has 0 spiro atoms. The van der Waals surface area contributed by atoms with E-state index in [1.54, 1.807) is 0 Å². The van der Waals surface area contributed by atoms with Crippen LogP contribution >= 0.6 is 15.9 Å². The molecule has 4 rings (SSSR count). The van der Waals surface area contributed by atoms with E-state index in [4.69, 9.17) is 15.2 Å². The number of nitrogens with two attached hydrogens (primary N) is 1. The standard InChI is InChI=1S/C14H10BrN3O2/c15-9-2-1-5-18-13(16)12(17-14(9)18)8-3-4-10-11(6-8)20-7-19-10/h1-6H,7,16H2. The Morgan fingerprint density at radius 3 is 2.90 bits per heavy atom. The summed E-state index contributed by atoms with van der Waals surface area (Å²) < 4.78 is 13.5. The molecule has 0 bridgehead atoms. The fourth-order valence-electron chi connectivity index (χ4n) is 2.31. The zero-order valence-corrected chi connectivity index (χ0v) is 11.9. The van der Waals surface area contributed by atoms with Crippen molar-refractivity contribution in [1.82, 2.24) is 9.38 Å². The number of fused-ring (bicyclic) bond motifs is 2. The van der Waals surface area contributed by atoms with Gasteiger partial charge >= 0.3 is 0 Å². The predicted octanol–water partition coefficient (Wildman–Crippen LogP) is 3.07. The Balaban J connectivity index is 1.94. The fraction of sp³-hybridized carbons (Fsp3) is 0.0714. The van der Waals surface area contributed by atoms with Crippen molar-refractivity contribution in [3.8, 4) is 22.8 Å². The number of ether oxygens (including phenoxy) is 2. The number of aromatic nitrogens is 2. The van der Waals surface area contributed by atoms with Gasteiger partial charge in [-0.2, -0.15) is 0 Å². The third kappa shape index (κ3) is 1.58. The zero-order chi connectivity index (χ0) is 13.7. The van der Waals surface area contributed by atoms with E-state index in [0.29, 0.717) is 5.82 Å². The minimum atomic E-state index is 0.255. The van der Waals surface area contributed by atoms with Crippen LogP contribution in [-0.4, -0.2) is 16.2 Å². The van der Waals surface area contributed by atoms with Gasteiger partial charge in [-0.15, -0.1) is 0 Å². The van der Waals surface area contributed by atoms with Crippen LogP contribution < -0.4 is 15.2 Å². The Labute approximate surface area is 123 Å². The molecule has 1 aromatic carbocycles. The summed E-state index contributed by atoms with van der Waals surface area (Å²) >= 11 is 3.48. The van der Waals surface area contributed by atoms with E-state index in [-0.39, 0.29) is 6.79 Å². The lowest BCUT2D eigenvalue weighted by atomic mass is 10.1. The predicted molar refractivity (Wildman–Crippen MR) is 78.9 cm³/mol. The summed E-state index contributed by atoms with van der Waals surface area (Å²) in [5, 5.41) is 0. The highest BCUT2D eigenvalue weighted by Crippen LogP contribution is 2.37. The van der Waals surface area contributed by atoms with Crippen molar-refractivity contribution in [2.24, 2.45) is 0 Å². The Kier molecular flexibility index (Phi) is 2.40. The number of nitrogen functional groups attached to an aromatic ring is 1. The van der Waals surface area contributed by atoms with E-state index in [2.05, 4.69) is 20.9 Å². The third-order valence-corrected chi connectivity index (χ3v) is 3.90. The molecule has 1 aliphatic rings. The molecule has 2 N–H and O–H groups in total. The Hall–Kier alpha value is -2.21. The highest BCUT2D eigenvalue weighted by atomic mass is 79.9. The maximum absolute atomic E-state index is 6.19. The van der Waals surface area contributed by atoms with Gasteiger partial charge in [0, 0.05) is 11.8 Å². The number of rotatable bonds is 1. The summed E-state index contributed by atoms with van der Waals surface area (Å²) in [5.41, 5.74) is 8.62. The van der Waals surface area contributed by atoms with Crippen LogP contribution in [0.25, 0.3) is 16.9 Å². The van der Waals surface area contributed by atoms with Crippen LogP contribution in [0.3, 0.4) is 0 Å². The smallest absolute Gasteiger partial charge is 0.231 e. The first-order chi connectivity index (χ1) is 9.74. The van der Waals surface area contributed by atoms with Crippen LogP contribution in [0.5, 0.6) is 11.5 Å². The van der Waals surface area contributed by atoms with Crippen molar-refractivity contribution < 1.29 is 9.47 Å². The number of hydrogen-bond acceptors (Lipinski definition) is 4. The molecule has 6 heteroatoms. The molecule has 2 aromatic heterocycles. The van der Waals surface area contributed by atoms with Crippen molar-refractivity contribution in [1.29, 1.82) is 0 Å². The van der Waals surface area contributed by atoms with Crippen molar-refractivity contribution >= 4 is 27.4 Å². The maximum Gasteiger partial charge on any atom is 0.231 e. The maximum atomic E-state index is 6.19. The molecular weight excluding hydrogens is 322 g/mol. The Morgan fingerprint density at radius 1 is 1.20 bits per heavy atom. The second-order valence-corrected chi connectivity index (χ2v) is 5.32. The van der Waals surface area contributed by atoms with Gasteiger partial charge < -0.3 is 15.2 Å². The summed E-state index contributed by atoms with van der Waals surface area (Å²) in [6.07, 6.45) is 1.89. The van der Waals surface area contributed by atoms with Crippen LogP contribution in [0, 0.1) is 0 Å². The van der Waals surface area contributed by atoms with E-state index in [1.807, 2.05) is 40.9 Å². The molecule has 3 heterocycles. The van der Waals surface area contributed by atoms with Crippen LogP contribution in [0.1, 0.15) is 0 Å². The zero-order valence-electron chi connectivity index (χ0n) is 10.3. The lowest BCUT2D eigenvalue weighted by Crippen LogP contribution is -1.94. The summed E-state index contributed by atoms with van der Waals surface area (Å²) in [4.78, 5) is 4.60. The second kappa shape index (κ2) is 4.14. The third-order valence-electron chi connectivity index (χ3n) is 3.29. The van der Waals surface area contributed by atoms with Crippen LogP contribution in [-0.2, 0) is 0 Å². The average Bonchev–Trinajstić information content (AvgIpc) is 3.04. The summed E-state index contributed by atoms with van der Waals surface area (Å²) in [6.45, 7) is 0.255. The van der Waals surface area contributed by atoms with Gasteiger partial charge in [0.25, 0.3) is 0 Å². The highest BCUT2D eigenvalue weighted by Gasteiger charge is 2.18. The van der Waals surface area contributed by atoms with Gasteiger partial charge in [0.1, 0.15) is 11.5 Å². The summed E-state index contributed by atoms with van der Waals surface area (Å²) in [5.74, 6) is 2.07. The SMILES string of the molecule is Nc1c(-c2ccc3c(c2)OCO3)nc2c(Br)cccn12. The van der Waals surface area contributed by atoms with Crippen LogP contribution in [0.4, 0.5) is 5.82 Å². The normalized spacial score (nSPS) is 13.1. The molecule has 1 aliphatic heterocycles. The van der Waals surface area contributed by atoms with E-state index in [9.17, 15) is 0 Å². The molecule has 0 saturated carbocycles. The molecule has 0 radical (unpaired) electrons. The van der Waals surface area contributed by atoms with Gasteiger partial charge in [-0.25, -0.2) is 4.98 Å². The average molecular weight is 332 g/mol. The summed E-state index contributed by atoms with van der Waals surface area (Å²) in [7, 11) is 0. The van der Waals surface area contributed by atoms with Gasteiger partial charge in [0.15, 0.2) is 17.1 Å². The number of nitrogens with zero attached hydrogens (tertiary/aromatic N) is 2. The number of anilines is 1. The van der Waals surface area contributed by atoms with Crippen molar-refractivity contribution in [2.45, 2.75) is 0 Å². The van der Waals surface area contributed by atoms with E-state index in [0.717, 1.165) is 32.9 Å². The minimum Gasteiger partial charge on any atom is -0.454 e. The number of pyridine rings is 1. The Morgan fingerprint density at radius 2 is 2.05 bits per heavy atom. The first kappa shape index (κ1) is 11.6. The fourth-order valence-corrected chi connectivity index (χ4v) is 2.74. The van der Waals surface area contributed by atoms with E-state index in [1.165, 1.54) is 0 Å². The second-order valence-electron chi connectivity index (χ2n) is 4.46. The molecular formula is C14H10BrN3O2. The van der Waals surface area contributed by atoms with Gasteiger partial charge in [-0.3, -0.25) is 4.40 Å². The summed E-state index contributed by atoms with van der Waals surface area (Å²) in [6, 6.07) is 9.55. The molecule has 5 nitrogen and oxygen atoms in total. The number of hydrogen-bond donors (Lipinski definition) is 1. The molecule has 0 fully saturated rings. The molecule has 0 amide bonds. The van der Waals surface area contributed by atoms with Gasteiger partial charge in [0.05, 0.1) is 4.47 Å². The topological polar surface area (TPSA) is 61.8 Å². The van der Waals surface area contributed by atoms with Crippen molar-refractivity contribution in [3.63, 3.8) is 0 Å². The van der Waals surface area contributed by atoms with Crippen molar-refractivity contribution in [3.05, 3.63) is 41.0 Å². The number of halogens is 1. The number of imidazole rings is 1. The minimum absolute atomic E-state index is 0.255. The van der Waals surface area contributed by atoms with E-state index >= 15 is 0 Å². The first-order valence-corrected chi connectivity index (χ1v) is 6.85. The molecule has 3 aromatic rings. The highest BCUT2D eigenvalue weighted by molar-refractivity contribution is 9.10. The molecule has 0 atom stereocenters. The van der Waals surface area contributed by atoms with Crippen molar-refractivity contribution in [2.75, 3.05) is 12.5 Å². The molecule has 0 unspecified atom stereocenters. The number of benzene rings is 1. The quantitative estimate of drug-likeness (QED) is 0.744. The lowest BCUT2D eigenvalue weighted by Gasteiger charge is -2.01. The van der Waals surface area contributed by atoms with E-state index < -0.39 is 0 Å². The largest absolute Gasteiger partial charge is 0.454 e. The van der Waals surface area contributed by atoms with Gasteiger partial charge in [-0.1, -0.05) is 0 Å². The van der Waals surface area contributed by atoms with Gasteiger partial charge in [0.2, 0.25) is 6.79 Å². The lowest BCUT2D eigenvalue weighted by molar-refractivity contribution is 0.174. The monoisotopic (exact) mass is 331 g/mol.